The average molecular weight is 225 g/mol. The highest BCUT2D eigenvalue weighted by Gasteiger charge is 2.08. The number of nitrogens with zero attached hydrogens (tertiary/aromatic N) is 1. The third kappa shape index (κ3) is 2.94. The van der Waals surface area contributed by atoms with Crippen LogP contribution in [0.15, 0.2) is 42.6 Å². The molecule has 1 heterocycles. The van der Waals surface area contributed by atoms with Crippen molar-refractivity contribution in [2.75, 3.05) is 0 Å². The first-order valence-corrected chi connectivity index (χ1v) is 6.14. The van der Waals surface area contributed by atoms with E-state index in [1.165, 1.54) is 22.4 Å². The topological polar surface area (TPSA) is 12.9 Å². The molecule has 1 nitrogen and oxygen atoms in total. The van der Waals surface area contributed by atoms with E-state index in [1.54, 1.807) is 0 Å². The van der Waals surface area contributed by atoms with Crippen molar-refractivity contribution in [3.05, 3.63) is 65.0 Å². The van der Waals surface area contributed by atoms with Crippen LogP contribution in [0.25, 0.3) is 0 Å². The van der Waals surface area contributed by atoms with Gasteiger partial charge in [-0.2, -0.15) is 0 Å². The minimum atomic E-state index is 0.518. The van der Waals surface area contributed by atoms with Crippen molar-refractivity contribution in [3.63, 3.8) is 0 Å². The molecular weight excluding hydrogens is 206 g/mol. The van der Waals surface area contributed by atoms with Gasteiger partial charge in [0.1, 0.15) is 0 Å². The van der Waals surface area contributed by atoms with E-state index in [0.717, 1.165) is 6.42 Å². The lowest BCUT2D eigenvalue weighted by molar-refractivity contribution is 0.736. The zero-order chi connectivity index (χ0) is 12.3. The van der Waals surface area contributed by atoms with Crippen LogP contribution in [0.5, 0.6) is 0 Å². The molecule has 88 valence electrons. The number of aryl methyl sites for hydroxylation is 2. The summed E-state index contributed by atoms with van der Waals surface area (Å²) in [6, 6.07) is 12.9. The van der Waals surface area contributed by atoms with Crippen LogP contribution in [-0.2, 0) is 6.42 Å². The fraction of sp³-hybridized carbons (Fsp3) is 0.312. The third-order valence-electron chi connectivity index (χ3n) is 3.26. The lowest BCUT2D eigenvalue weighted by Crippen LogP contribution is -2.02. The summed E-state index contributed by atoms with van der Waals surface area (Å²) in [4.78, 5) is 4.46. The fourth-order valence-corrected chi connectivity index (χ4v) is 2.03. The molecule has 0 amide bonds. The van der Waals surface area contributed by atoms with Crippen molar-refractivity contribution in [2.45, 2.75) is 33.1 Å². The van der Waals surface area contributed by atoms with E-state index in [1.807, 2.05) is 12.3 Å². The van der Waals surface area contributed by atoms with Crippen molar-refractivity contribution in [2.24, 2.45) is 0 Å². The normalized spacial score (nSPS) is 12.4. The summed E-state index contributed by atoms with van der Waals surface area (Å²) in [6.45, 7) is 6.51. The lowest BCUT2D eigenvalue weighted by atomic mass is 9.94. The molecule has 1 atom stereocenters. The number of hydrogen-bond donors (Lipinski definition) is 0. The molecule has 0 bridgehead atoms. The average Bonchev–Trinajstić information content (AvgIpc) is 2.33. The van der Waals surface area contributed by atoms with E-state index in [0.29, 0.717) is 5.92 Å². The van der Waals surface area contributed by atoms with Gasteiger partial charge in [-0.15, -0.1) is 0 Å². The molecule has 0 fully saturated rings. The molecule has 2 aromatic rings. The van der Waals surface area contributed by atoms with Crippen LogP contribution < -0.4 is 0 Å². The highest BCUT2D eigenvalue weighted by Crippen LogP contribution is 2.21. The van der Waals surface area contributed by atoms with E-state index < -0.39 is 0 Å². The van der Waals surface area contributed by atoms with Crippen LogP contribution in [0.4, 0.5) is 0 Å². The van der Waals surface area contributed by atoms with E-state index in [-0.39, 0.29) is 0 Å². The van der Waals surface area contributed by atoms with Gasteiger partial charge < -0.3 is 0 Å². The van der Waals surface area contributed by atoms with Gasteiger partial charge in [-0.25, -0.2) is 0 Å². The molecule has 0 spiro atoms. The molecule has 1 unspecified atom stereocenters. The molecular formula is C16H19N. The monoisotopic (exact) mass is 225 g/mol. The molecule has 0 saturated carbocycles. The Morgan fingerprint density at radius 3 is 2.41 bits per heavy atom. The van der Waals surface area contributed by atoms with Gasteiger partial charge in [0.25, 0.3) is 0 Å². The third-order valence-corrected chi connectivity index (χ3v) is 3.26. The smallest absolute Gasteiger partial charge is 0.0438 e. The predicted molar refractivity (Wildman–Crippen MR) is 72.3 cm³/mol. The van der Waals surface area contributed by atoms with Gasteiger partial charge in [0.05, 0.1) is 0 Å². The van der Waals surface area contributed by atoms with Gasteiger partial charge in [-0.05, 0) is 43.4 Å². The number of pyridine rings is 1. The molecule has 0 saturated heterocycles. The summed E-state index contributed by atoms with van der Waals surface area (Å²) in [7, 11) is 0. The highest BCUT2D eigenvalue weighted by atomic mass is 14.7. The first-order chi connectivity index (χ1) is 8.16. The summed E-state index contributed by atoms with van der Waals surface area (Å²) < 4.78 is 0. The minimum Gasteiger partial charge on any atom is -0.261 e. The molecule has 0 N–H and O–H groups in total. The summed E-state index contributed by atoms with van der Waals surface area (Å²) in [5.74, 6) is 0.518. The Balaban J connectivity index is 2.14. The summed E-state index contributed by atoms with van der Waals surface area (Å²) in [5.41, 5.74) is 5.20. The highest BCUT2D eigenvalue weighted by molar-refractivity contribution is 5.27. The first kappa shape index (κ1) is 11.8. The molecule has 1 aromatic heterocycles. The van der Waals surface area contributed by atoms with Crippen LogP contribution in [0, 0.1) is 13.8 Å². The number of hydrogen-bond acceptors (Lipinski definition) is 1. The number of rotatable bonds is 3. The van der Waals surface area contributed by atoms with Gasteiger partial charge >= 0.3 is 0 Å². The molecule has 0 aliphatic carbocycles. The van der Waals surface area contributed by atoms with E-state index in [4.69, 9.17) is 0 Å². The van der Waals surface area contributed by atoms with Crippen molar-refractivity contribution >= 4 is 0 Å². The number of benzene rings is 1. The fourth-order valence-electron chi connectivity index (χ4n) is 2.03. The van der Waals surface area contributed by atoms with Crippen molar-refractivity contribution in [3.8, 4) is 0 Å². The molecule has 0 aliphatic heterocycles. The summed E-state index contributed by atoms with van der Waals surface area (Å²) in [5, 5.41) is 0. The van der Waals surface area contributed by atoms with Gasteiger partial charge in [0, 0.05) is 11.9 Å². The van der Waals surface area contributed by atoms with E-state index in [9.17, 15) is 0 Å². The SMILES string of the molecule is Cc1ccc(C(C)Cc2ncccc2C)cc1. The molecule has 0 radical (unpaired) electrons. The molecule has 2 rings (SSSR count). The Labute approximate surface area is 104 Å². The maximum atomic E-state index is 4.46. The largest absolute Gasteiger partial charge is 0.261 e. The van der Waals surface area contributed by atoms with Crippen LogP contribution >= 0.6 is 0 Å². The van der Waals surface area contributed by atoms with Crippen LogP contribution in [-0.4, -0.2) is 4.98 Å². The number of aromatic nitrogens is 1. The van der Waals surface area contributed by atoms with Crippen molar-refractivity contribution < 1.29 is 0 Å². The maximum absolute atomic E-state index is 4.46. The quantitative estimate of drug-likeness (QED) is 0.768. The molecule has 0 aliphatic rings. The zero-order valence-corrected chi connectivity index (χ0v) is 10.8. The Morgan fingerprint density at radius 2 is 1.76 bits per heavy atom. The molecule has 1 heteroatoms. The van der Waals surface area contributed by atoms with Gasteiger partial charge in [-0.1, -0.05) is 42.8 Å². The second kappa shape index (κ2) is 5.13. The molecule has 17 heavy (non-hydrogen) atoms. The second-order valence-electron chi connectivity index (χ2n) is 4.78. The summed E-state index contributed by atoms with van der Waals surface area (Å²) in [6.07, 6.45) is 2.89. The Morgan fingerprint density at radius 1 is 1.06 bits per heavy atom. The summed E-state index contributed by atoms with van der Waals surface area (Å²) >= 11 is 0. The minimum absolute atomic E-state index is 0.518. The first-order valence-electron chi connectivity index (χ1n) is 6.14. The van der Waals surface area contributed by atoms with Crippen LogP contribution in [0.3, 0.4) is 0 Å². The molecule has 1 aromatic carbocycles. The van der Waals surface area contributed by atoms with Crippen molar-refractivity contribution in [1.29, 1.82) is 0 Å². The maximum Gasteiger partial charge on any atom is 0.0438 e. The lowest BCUT2D eigenvalue weighted by Gasteiger charge is -2.13. The van der Waals surface area contributed by atoms with Crippen molar-refractivity contribution in [1.82, 2.24) is 4.98 Å². The zero-order valence-electron chi connectivity index (χ0n) is 10.8. The van der Waals surface area contributed by atoms with Gasteiger partial charge in [0.15, 0.2) is 0 Å². The van der Waals surface area contributed by atoms with E-state index in [2.05, 4.69) is 56.1 Å². The Kier molecular flexibility index (Phi) is 3.58. The van der Waals surface area contributed by atoms with Crippen LogP contribution in [0.2, 0.25) is 0 Å². The van der Waals surface area contributed by atoms with Gasteiger partial charge in [0.2, 0.25) is 0 Å². The van der Waals surface area contributed by atoms with E-state index >= 15 is 0 Å². The Hall–Kier alpha value is -1.63. The van der Waals surface area contributed by atoms with Gasteiger partial charge in [-0.3, -0.25) is 4.98 Å². The van der Waals surface area contributed by atoms with Crippen LogP contribution in [0.1, 0.15) is 35.2 Å². The standard InChI is InChI=1S/C16H19N/c1-12-6-8-15(9-7-12)14(3)11-16-13(2)5-4-10-17-16/h4-10,14H,11H2,1-3H3. The predicted octanol–water partition coefficient (Wildman–Crippen LogP) is 4.04. The Bertz CT molecular complexity index is 485. The second-order valence-corrected chi connectivity index (χ2v) is 4.78.